The van der Waals surface area contributed by atoms with E-state index >= 15 is 0 Å². The van der Waals surface area contributed by atoms with Crippen LogP contribution in [-0.4, -0.2) is 40.1 Å². The van der Waals surface area contributed by atoms with Crippen LogP contribution < -0.4 is 5.32 Å². The molecule has 2 atom stereocenters. The van der Waals surface area contributed by atoms with Crippen LogP contribution in [0.2, 0.25) is 0 Å². The molecule has 1 aliphatic carbocycles. The number of alkyl carbamates (subject to hydrolysis) is 1. The minimum absolute atomic E-state index is 0.147. The number of carbonyl (C=O) groups excluding carboxylic acids is 4. The molecular weight excluding hydrogens is 376 g/mol. The topological polar surface area (TPSA) is 102 Å². The first-order valence-electron chi connectivity index (χ1n) is 9.74. The molecule has 1 saturated carbocycles. The van der Waals surface area contributed by atoms with E-state index in [9.17, 15) is 19.2 Å². The lowest BCUT2D eigenvalue weighted by Gasteiger charge is -2.38. The Kier molecular flexibility index (Phi) is 5.38. The Bertz CT molecular complexity index is 824. The van der Waals surface area contributed by atoms with Gasteiger partial charge in [-0.25, -0.2) is 9.59 Å². The smallest absolute Gasteiger partial charge is 0.408 e. The van der Waals surface area contributed by atoms with E-state index in [1.54, 1.807) is 32.9 Å². The van der Waals surface area contributed by atoms with E-state index < -0.39 is 35.0 Å². The van der Waals surface area contributed by atoms with Crippen LogP contribution in [0.5, 0.6) is 0 Å². The second-order valence-corrected chi connectivity index (χ2v) is 8.74. The van der Waals surface area contributed by atoms with Gasteiger partial charge in [0.1, 0.15) is 11.1 Å². The molecule has 0 unspecified atom stereocenters. The number of hydrogen-bond donors (Lipinski definition) is 1. The van der Waals surface area contributed by atoms with Gasteiger partial charge in [0.15, 0.2) is 0 Å². The summed E-state index contributed by atoms with van der Waals surface area (Å²) in [5.74, 6) is -2.09. The van der Waals surface area contributed by atoms with Crippen molar-refractivity contribution in [1.29, 1.82) is 0 Å². The first kappa shape index (κ1) is 20.8. The van der Waals surface area contributed by atoms with Gasteiger partial charge >= 0.3 is 12.1 Å². The zero-order chi connectivity index (χ0) is 21.4. The number of fused-ring (bicyclic) bond motifs is 1. The van der Waals surface area contributed by atoms with E-state index in [2.05, 4.69) is 5.32 Å². The first-order valence-corrected chi connectivity index (χ1v) is 9.74. The lowest BCUT2D eigenvalue weighted by molar-refractivity contribution is -0.179. The van der Waals surface area contributed by atoms with Crippen LogP contribution in [0, 0.1) is 5.92 Å². The van der Waals surface area contributed by atoms with Crippen molar-refractivity contribution in [3.05, 3.63) is 35.4 Å². The summed E-state index contributed by atoms with van der Waals surface area (Å²) < 4.78 is 5.31. The third-order valence-corrected chi connectivity index (χ3v) is 5.06. The van der Waals surface area contributed by atoms with Gasteiger partial charge in [-0.1, -0.05) is 37.0 Å². The average molecular weight is 402 g/mol. The molecule has 2 aliphatic rings. The number of ether oxygens (including phenoxy) is 1. The Labute approximate surface area is 169 Å². The largest absolute Gasteiger partial charge is 0.444 e. The maximum absolute atomic E-state index is 13.1. The van der Waals surface area contributed by atoms with Gasteiger partial charge in [0.25, 0.3) is 11.8 Å². The molecule has 0 saturated heterocycles. The molecule has 156 valence electrons. The predicted molar refractivity (Wildman–Crippen MR) is 103 cm³/mol. The SMILES string of the molecule is C[C@@H]1CCC[C@@](NC(=O)OC(C)(C)C)(C(=O)ON2C(=O)c3ccccc3C2=O)C1. The van der Waals surface area contributed by atoms with Crippen LogP contribution >= 0.6 is 0 Å². The van der Waals surface area contributed by atoms with Crippen LogP contribution in [0.25, 0.3) is 0 Å². The van der Waals surface area contributed by atoms with Gasteiger partial charge in [0.2, 0.25) is 0 Å². The van der Waals surface area contributed by atoms with Gasteiger partial charge in [0, 0.05) is 0 Å². The molecule has 29 heavy (non-hydrogen) atoms. The molecule has 0 bridgehead atoms. The number of carbonyl (C=O) groups is 4. The van der Waals surface area contributed by atoms with E-state index in [0.717, 1.165) is 6.42 Å². The van der Waals surface area contributed by atoms with Crippen molar-refractivity contribution in [3.8, 4) is 0 Å². The summed E-state index contributed by atoms with van der Waals surface area (Å²) in [6.07, 6.45) is 1.50. The van der Waals surface area contributed by atoms with Gasteiger partial charge in [-0.15, -0.1) is 0 Å². The highest BCUT2D eigenvalue weighted by Crippen LogP contribution is 2.35. The molecule has 1 aromatic rings. The fourth-order valence-electron chi connectivity index (χ4n) is 3.82. The third-order valence-electron chi connectivity index (χ3n) is 5.06. The lowest BCUT2D eigenvalue weighted by atomic mass is 9.76. The number of imide groups is 1. The second kappa shape index (κ2) is 7.50. The van der Waals surface area contributed by atoms with Crippen LogP contribution in [0.3, 0.4) is 0 Å². The fraction of sp³-hybridized carbons (Fsp3) is 0.524. The zero-order valence-corrected chi connectivity index (χ0v) is 17.1. The summed E-state index contributed by atoms with van der Waals surface area (Å²) in [6, 6.07) is 6.26. The normalized spacial score (nSPS) is 24.1. The molecule has 3 amide bonds. The zero-order valence-electron chi connectivity index (χ0n) is 17.1. The minimum Gasteiger partial charge on any atom is -0.444 e. The van der Waals surface area contributed by atoms with Gasteiger partial charge in [-0.2, -0.15) is 0 Å². The number of nitrogens with one attached hydrogen (secondary N) is 1. The molecule has 0 spiro atoms. The third kappa shape index (κ3) is 4.26. The monoisotopic (exact) mass is 402 g/mol. The van der Waals surface area contributed by atoms with Crippen LogP contribution in [-0.2, 0) is 14.4 Å². The molecule has 1 aliphatic heterocycles. The molecule has 1 aromatic carbocycles. The van der Waals surface area contributed by atoms with Crippen LogP contribution in [0.4, 0.5) is 4.79 Å². The van der Waals surface area contributed by atoms with Crippen molar-refractivity contribution >= 4 is 23.9 Å². The molecule has 0 aromatic heterocycles. The summed E-state index contributed by atoms with van der Waals surface area (Å²) in [5.41, 5.74) is -1.75. The summed E-state index contributed by atoms with van der Waals surface area (Å²) in [5, 5.41) is 3.14. The van der Waals surface area contributed by atoms with Gasteiger partial charge < -0.3 is 14.9 Å². The maximum Gasteiger partial charge on any atom is 0.408 e. The van der Waals surface area contributed by atoms with Gasteiger partial charge in [-0.05, 0) is 51.7 Å². The van der Waals surface area contributed by atoms with Crippen LogP contribution in [0.15, 0.2) is 24.3 Å². The van der Waals surface area contributed by atoms with E-state index in [4.69, 9.17) is 9.57 Å². The Hall–Kier alpha value is -2.90. The van der Waals surface area contributed by atoms with Gasteiger partial charge in [0.05, 0.1) is 11.1 Å². The predicted octanol–water partition coefficient (Wildman–Crippen LogP) is 3.21. The lowest BCUT2D eigenvalue weighted by Crippen LogP contribution is -2.59. The Morgan fingerprint density at radius 2 is 1.72 bits per heavy atom. The summed E-state index contributed by atoms with van der Waals surface area (Å²) in [4.78, 5) is 55.8. The van der Waals surface area contributed by atoms with Crippen LogP contribution in [0.1, 0.15) is 74.1 Å². The van der Waals surface area contributed by atoms with Crippen molar-refractivity contribution in [2.45, 2.75) is 64.5 Å². The molecule has 1 N–H and O–H groups in total. The highest BCUT2D eigenvalue weighted by molar-refractivity contribution is 6.21. The van der Waals surface area contributed by atoms with Crippen molar-refractivity contribution < 1.29 is 28.8 Å². The van der Waals surface area contributed by atoms with Crippen molar-refractivity contribution in [1.82, 2.24) is 10.4 Å². The molecular formula is C21H26N2O6. The van der Waals surface area contributed by atoms with Crippen molar-refractivity contribution in [2.75, 3.05) is 0 Å². The maximum atomic E-state index is 13.1. The summed E-state index contributed by atoms with van der Waals surface area (Å²) in [6.45, 7) is 7.14. The summed E-state index contributed by atoms with van der Waals surface area (Å²) >= 11 is 0. The second-order valence-electron chi connectivity index (χ2n) is 8.74. The quantitative estimate of drug-likeness (QED) is 0.779. The average Bonchev–Trinajstić information content (AvgIpc) is 2.85. The molecule has 8 heteroatoms. The number of hydroxylamine groups is 2. The van der Waals surface area contributed by atoms with E-state index in [1.165, 1.54) is 12.1 Å². The number of rotatable bonds is 3. The number of nitrogens with zero attached hydrogens (tertiary/aromatic N) is 1. The highest BCUT2D eigenvalue weighted by atomic mass is 16.7. The van der Waals surface area contributed by atoms with Crippen molar-refractivity contribution in [3.63, 3.8) is 0 Å². The van der Waals surface area contributed by atoms with E-state index in [0.29, 0.717) is 24.3 Å². The number of benzene rings is 1. The standard InChI is InChI=1S/C21H26N2O6/c1-13-8-7-11-21(12-13,22-19(27)28-20(2,3)4)18(26)29-23-16(24)14-9-5-6-10-15(14)17(23)25/h5-6,9-10,13H,7-8,11-12H2,1-4H3,(H,22,27)/t13-,21+/m1/s1. The Balaban J connectivity index is 1.82. The van der Waals surface area contributed by atoms with E-state index in [-0.39, 0.29) is 17.0 Å². The number of amides is 3. The van der Waals surface area contributed by atoms with Crippen molar-refractivity contribution in [2.24, 2.45) is 5.92 Å². The Morgan fingerprint density at radius 3 is 2.24 bits per heavy atom. The van der Waals surface area contributed by atoms with E-state index in [1.807, 2.05) is 6.92 Å². The van der Waals surface area contributed by atoms with Gasteiger partial charge in [-0.3, -0.25) is 9.59 Å². The Morgan fingerprint density at radius 1 is 1.14 bits per heavy atom. The minimum atomic E-state index is -1.37. The fourth-order valence-corrected chi connectivity index (χ4v) is 3.82. The number of hydrogen-bond acceptors (Lipinski definition) is 6. The molecule has 1 heterocycles. The summed E-state index contributed by atoms with van der Waals surface area (Å²) in [7, 11) is 0. The molecule has 1 fully saturated rings. The highest BCUT2D eigenvalue weighted by Gasteiger charge is 2.49. The first-order chi connectivity index (χ1) is 13.5. The molecule has 3 rings (SSSR count). The molecule has 0 radical (unpaired) electrons. The molecule has 8 nitrogen and oxygen atoms in total.